The Balaban J connectivity index is 1.84. The van der Waals surface area contributed by atoms with Gasteiger partial charge in [-0.15, -0.1) is 0 Å². The van der Waals surface area contributed by atoms with Crippen LogP contribution in [0.3, 0.4) is 0 Å². The molecular formula is C20H17N3O2. The van der Waals surface area contributed by atoms with Crippen molar-refractivity contribution in [2.24, 2.45) is 0 Å². The van der Waals surface area contributed by atoms with Gasteiger partial charge in [0, 0.05) is 29.3 Å². The van der Waals surface area contributed by atoms with Crippen molar-refractivity contribution in [2.75, 3.05) is 4.90 Å². The van der Waals surface area contributed by atoms with E-state index in [1.165, 1.54) is 4.90 Å². The lowest BCUT2D eigenvalue weighted by atomic mass is 10.1. The molecule has 1 aliphatic rings. The molecule has 0 saturated heterocycles. The van der Waals surface area contributed by atoms with E-state index in [0.29, 0.717) is 16.8 Å². The summed E-state index contributed by atoms with van der Waals surface area (Å²) in [5.74, 6) is -0.638. The molecule has 5 nitrogen and oxygen atoms in total. The molecule has 2 aromatic heterocycles. The van der Waals surface area contributed by atoms with Gasteiger partial charge in [-0.2, -0.15) is 0 Å². The van der Waals surface area contributed by atoms with Gasteiger partial charge in [0.1, 0.15) is 0 Å². The highest BCUT2D eigenvalue weighted by molar-refractivity contribution is 6.43. The topological polar surface area (TPSA) is 69.0 Å². The SMILES string of the molecule is Cc1cc(C)c(C=C2C(=O)N(C(=O)c3cc[nH]c3)c3ccccc32)[nH]1. The third-order valence-corrected chi connectivity index (χ3v) is 4.39. The molecule has 0 saturated carbocycles. The molecule has 0 aliphatic carbocycles. The summed E-state index contributed by atoms with van der Waals surface area (Å²) in [4.78, 5) is 33.2. The van der Waals surface area contributed by atoms with Gasteiger partial charge in [0.05, 0.1) is 16.8 Å². The molecule has 0 fully saturated rings. The van der Waals surface area contributed by atoms with Crippen molar-refractivity contribution >= 4 is 29.2 Å². The molecule has 4 rings (SSSR count). The van der Waals surface area contributed by atoms with Crippen LogP contribution >= 0.6 is 0 Å². The van der Waals surface area contributed by atoms with Gasteiger partial charge in [-0.1, -0.05) is 18.2 Å². The zero-order valence-corrected chi connectivity index (χ0v) is 14.0. The summed E-state index contributed by atoms with van der Waals surface area (Å²) in [7, 11) is 0. The first-order chi connectivity index (χ1) is 12.1. The van der Waals surface area contributed by atoms with Crippen LogP contribution in [0.5, 0.6) is 0 Å². The van der Waals surface area contributed by atoms with Crippen molar-refractivity contribution in [3.8, 4) is 0 Å². The molecule has 124 valence electrons. The first kappa shape index (κ1) is 15.2. The van der Waals surface area contributed by atoms with Gasteiger partial charge >= 0.3 is 0 Å². The van der Waals surface area contributed by atoms with Crippen LogP contribution in [0.4, 0.5) is 5.69 Å². The number of hydrogen-bond donors (Lipinski definition) is 2. The standard InChI is InChI=1S/C20H17N3O2/c1-12-9-13(2)22-17(12)10-16-15-5-3-4-6-18(15)23(20(16)25)19(24)14-7-8-21-11-14/h3-11,21-22H,1-2H3. The fourth-order valence-electron chi connectivity index (χ4n) is 3.21. The number of hydrogen-bond acceptors (Lipinski definition) is 2. The smallest absolute Gasteiger partial charge is 0.266 e. The summed E-state index contributed by atoms with van der Waals surface area (Å²) in [6.07, 6.45) is 5.09. The highest BCUT2D eigenvalue weighted by Crippen LogP contribution is 2.38. The number of nitrogens with zero attached hydrogens (tertiary/aromatic N) is 1. The lowest BCUT2D eigenvalue weighted by Crippen LogP contribution is -2.33. The van der Waals surface area contributed by atoms with Gasteiger partial charge in [-0.05, 0) is 43.7 Å². The number of amides is 2. The van der Waals surface area contributed by atoms with E-state index in [1.54, 1.807) is 24.5 Å². The molecule has 0 radical (unpaired) electrons. The van der Waals surface area contributed by atoms with E-state index < -0.39 is 0 Å². The molecular weight excluding hydrogens is 314 g/mol. The summed E-state index contributed by atoms with van der Waals surface area (Å²) < 4.78 is 0. The number of carbonyl (C=O) groups is 2. The Labute approximate surface area is 145 Å². The molecule has 0 atom stereocenters. The molecule has 25 heavy (non-hydrogen) atoms. The van der Waals surface area contributed by atoms with Crippen LogP contribution in [-0.4, -0.2) is 21.8 Å². The fourth-order valence-corrected chi connectivity index (χ4v) is 3.21. The number of rotatable bonds is 2. The Morgan fingerprint density at radius 1 is 1.16 bits per heavy atom. The van der Waals surface area contributed by atoms with Gasteiger partial charge in [-0.25, -0.2) is 4.90 Å². The minimum absolute atomic E-state index is 0.306. The first-order valence-corrected chi connectivity index (χ1v) is 8.05. The third-order valence-electron chi connectivity index (χ3n) is 4.39. The number of aryl methyl sites for hydroxylation is 2. The Hall–Kier alpha value is -3.34. The predicted octanol–water partition coefficient (Wildman–Crippen LogP) is 3.69. The Morgan fingerprint density at radius 2 is 1.96 bits per heavy atom. The maximum atomic E-state index is 13.0. The van der Waals surface area contributed by atoms with Crippen LogP contribution in [0.25, 0.3) is 11.6 Å². The number of fused-ring (bicyclic) bond motifs is 1. The second-order valence-electron chi connectivity index (χ2n) is 6.17. The molecule has 0 bridgehead atoms. The molecule has 1 aromatic carbocycles. The van der Waals surface area contributed by atoms with Gasteiger partial charge in [-0.3, -0.25) is 9.59 Å². The summed E-state index contributed by atoms with van der Waals surface area (Å²) >= 11 is 0. The monoisotopic (exact) mass is 331 g/mol. The number of carbonyl (C=O) groups excluding carboxylic acids is 2. The molecule has 2 amide bonds. The average molecular weight is 331 g/mol. The second-order valence-corrected chi connectivity index (χ2v) is 6.17. The van der Waals surface area contributed by atoms with E-state index in [2.05, 4.69) is 9.97 Å². The third kappa shape index (κ3) is 2.41. The molecule has 3 aromatic rings. The molecule has 3 heterocycles. The van der Waals surface area contributed by atoms with E-state index in [9.17, 15) is 9.59 Å². The van der Waals surface area contributed by atoms with Crippen LogP contribution in [0, 0.1) is 13.8 Å². The van der Waals surface area contributed by atoms with E-state index in [-0.39, 0.29) is 11.8 Å². The van der Waals surface area contributed by atoms with Crippen molar-refractivity contribution in [3.63, 3.8) is 0 Å². The van der Waals surface area contributed by atoms with Crippen molar-refractivity contribution in [1.82, 2.24) is 9.97 Å². The normalized spacial score (nSPS) is 15.0. The molecule has 5 heteroatoms. The van der Waals surface area contributed by atoms with E-state index in [0.717, 1.165) is 22.5 Å². The number of imide groups is 1. The Kier molecular flexibility index (Phi) is 3.42. The van der Waals surface area contributed by atoms with Crippen molar-refractivity contribution in [1.29, 1.82) is 0 Å². The highest BCUT2D eigenvalue weighted by atomic mass is 16.2. The van der Waals surface area contributed by atoms with Crippen LogP contribution < -0.4 is 4.90 Å². The lowest BCUT2D eigenvalue weighted by molar-refractivity contribution is -0.112. The Bertz CT molecular complexity index is 1010. The Morgan fingerprint density at radius 3 is 2.64 bits per heavy atom. The average Bonchev–Trinajstić information content (AvgIpc) is 3.28. The predicted molar refractivity (Wildman–Crippen MR) is 97.2 cm³/mol. The van der Waals surface area contributed by atoms with Gasteiger partial charge in [0.25, 0.3) is 11.8 Å². The minimum atomic E-state index is -0.332. The second kappa shape index (κ2) is 5.63. The van der Waals surface area contributed by atoms with Gasteiger partial charge in [0.15, 0.2) is 0 Å². The summed E-state index contributed by atoms with van der Waals surface area (Å²) in [6, 6.07) is 11.1. The maximum absolute atomic E-state index is 13.0. The van der Waals surface area contributed by atoms with Gasteiger partial charge in [0.2, 0.25) is 0 Å². The number of para-hydroxylation sites is 1. The molecule has 2 N–H and O–H groups in total. The first-order valence-electron chi connectivity index (χ1n) is 8.05. The maximum Gasteiger partial charge on any atom is 0.266 e. The number of aromatic nitrogens is 2. The quantitative estimate of drug-likeness (QED) is 0.555. The number of aromatic amines is 2. The minimum Gasteiger partial charge on any atom is -0.367 e. The summed E-state index contributed by atoms with van der Waals surface area (Å²) in [6.45, 7) is 3.96. The largest absolute Gasteiger partial charge is 0.367 e. The fraction of sp³-hybridized carbons (Fsp3) is 0.100. The van der Waals surface area contributed by atoms with Crippen LogP contribution in [0.15, 0.2) is 48.8 Å². The van der Waals surface area contributed by atoms with Crippen molar-refractivity contribution in [2.45, 2.75) is 13.8 Å². The summed E-state index contributed by atoms with van der Waals surface area (Å²) in [5, 5.41) is 0. The molecule has 1 aliphatic heterocycles. The van der Waals surface area contributed by atoms with Crippen molar-refractivity contribution in [3.05, 3.63) is 76.9 Å². The number of nitrogens with one attached hydrogen (secondary N) is 2. The van der Waals surface area contributed by atoms with Crippen molar-refractivity contribution < 1.29 is 9.59 Å². The highest BCUT2D eigenvalue weighted by Gasteiger charge is 2.37. The van der Waals surface area contributed by atoms with E-state index >= 15 is 0 Å². The number of H-pyrrole nitrogens is 2. The zero-order valence-electron chi connectivity index (χ0n) is 14.0. The summed E-state index contributed by atoms with van der Waals surface area (Å²) in [5.41, 5.74) is 5.33. The molecule has 0 unspecified atom stereocenters. The van der Waals surface area contributed by atoms with Crippen LogP contribution in [0.1, 0.15) is 32.9 Å². The van der Waals surface area contributed by atoms with Crippen LogP contribution in [0.2, 0.25) is 0 Å². The number of benzene rings is 1. The molecule has 0 spiro atoms. The van der Waals surface area contributed by atoms with Gasteiger partial charge < -0.3 is 9.97 Å². The zero-order chi connectivity index (χ0) is 17.6. The number of anilines is 1. The van der Waals surface area contributed by atoms with E-state index in [1.807, 2.05) is 44.2 Å². The lowest BCUT2D eigenvalue weighted by Gasteiger charge is -2.13. The van der Waals surface area contributed by atoms with E-state index in [4.69, 9.17) is 0 Å². The van der Waals surface area contributed by atoms with Crippen LogP contribution in [-0.2, 0) is 4.79 Å².